The summed E-state index contributed by atoms with van der Waals surface area (Å²) in [5.41, 5.74) is 5.81. The van der Waals surface area contributed by atoms with Crippen LogP contribution in [0.1, 0.15) is 12.8 Å². The van der Waals surface area contributed by atoms with Gasteiger partial charge in [-0.15, -0.1) is 0 Å². The molecule has 0 amide bonds. The normalized spacial score (nSPS) is 19.4. The third-order valence-electron chi connectivity index (χ3n) is 2.71. The lowest BCUT2D eigenvalue weighted by molar-refractivity contribution is 0.560. The zero-order valence-corrected chi connectivity index (χ0v) is 9.47. The summed E-state index contributed by atoms with van der Waals surface area (Å²) in [6.45, 7) is 0. The molecule has 88 valence electrons. The molecule has 2 N–H and O–H groups in total. The van der Waals surface area contributed by atoms with Gasteiger partial charge < -0.3 is 5.73 Å². The highest BCUT2D eigenvalue weighted by molar-refractivity contribution is 7.85. The Labute approximate surface area is 95.3 Å². The molecule has 2 unspecified atom stereocenters. The van der Waals surface area contributed by atoms with E-state index in [-0.39, 0.29) is 16.7 Å². The van der Waals surface area contributed by atoms with Crippen molar-refractivity contribution < 1.29 is 13.0 Å². The largest absolute Gasteiger partial charge is 0.327 e. The summed E-state index contributed by atoms with van der Waals surface area (Å²) in [7, 11) is -1.48. The molecule has 1 aromatic rings. The van der Waals surface area contributed by atoms with Gasteiger partial charge in [0.2, 0.25) is 0 Å². The van der Waals surface area contributed by atoms with Crippen molar-refractivity contribution >= 4 is 10.8 Å². The topological polar surface area (TPSA) is 43.1 Å². The first kappa shape index (κ1) is 11.7. The number of benzene rings is 1. The van der Waals surface area contributed by atoms with Crippen LogP contribution in [-0.4, -0.2) is 16.0 Å². The standard InChI is InChI=1S/C11H13F2NOS/c12-8-3-4-11(9(13)5-8)16(15)6-10(14)7-1-2-7/h3-5,7,10H,1-2,6,14H2. The van der Waals surface area contributed by atoms with E-state index < -0.39 is 22.4 Å². The molecular weight excluding hydrogens is 232 g/mol. The molecule has 0 aromatic heterocycles. The zero-order chi connectivity index (χ0) is 11.7. The number of hydrogen-bond acceptors (Lipinski definition) is 2. The third kappa shape index (κ3) is 2.65. The molecule has 0 heterocycles. The minimum absolute atomic E-state index is 0.0394. The second kappa shape index (κ2) is 4.59. The van der Waals surface area contributed by atoms with E-state index in [4.69, 9.17) is 5.73 Å². The molecule has 2 nitrogen and oxygen atoms in total. The van der Waals surface area contributed by atoms with Gasteiger partial charge in [0.05, 0.1) is 15.7 Å². The van der Waals surface area contributed by atoms with Crippen LogP contribution >= 0.6 is 0 Å². The van der Waals surface area contributed by atoms with E-state index in [9.17, 15) is 13.0 Å². The molecule has 1 aromatic carbocycles. The van der Waals surface area contributed by atoms with Crippen molar-refractivity contribution in [1.29, 1.82) is 0 Å². The maximum atomic E-state index is 13.3. The van der Waals surface area contributed by atoms with Crippen LogP contribution in [0.5, 0.6) is 0 Å². The minimum atomic E-state index is -1.48. The SMILES string of the molecule is NC(CS(=O)c1ccc(F)cc1F)C1CC1. The second-order valence-corrected chi connectivity index (χ2v) is 5.55. The third-order valence-corrected chi connectivity index (χ3v) is 4.22. The van der Waals surface area contributed by atoms with Crippen LogP contribution in [0, 0.1) is 17.6 Å². The molecule has 0 radical (unpaired) electrons. The maximum absolute atomic E-state index is 13.3. The molecule has 1 aliphatic carbocycles. The Balaban J connectivity index is 2.07. The Morgan fingerprint density at radius 3 is 2.69 bits per heavy atom. The Morgan fingerprint density at radius 1 is 1.44 bits per heavy atom. The van der Waals surface area contributed by atoms with Crippen molar-refractivity contribution in [3.8, 4) is 0 Å². The van der Waals surface area contributed by atoms with Gasteiger partial charge in [-0.1, -0.05) is 0 Å². The fourth-order valence-corrected chi connectivity index (χ4v) is 2.88. The van der Waals surface area contributed by atoms with E-state index in [2.05, 4.69) is 0 Å². The van der Waals surface area contributed by atoms with Crippen molar-refractivity contribution in [2.75, 3.05) is 5.75 Å². The van der Waals surface area contributed by atoms with Gasteiger partial charge in [-0.25, -0.2) is 8.78 Å². The highest BCUT2D eigenvalue weighted by Gasteiger charge is 2.30. The monoisotopic (exact) mass is 245 g/mol. The fourth-order valence-electron chi connectivity index (χ4n) is 1.58. The van der Waals surface area contributed by atoms with Crippen molar-refractivity contribution in [3.63, 3.8) is 0 Å². The number of rotatable bonds is 4. The van der Waals surface area contributed by atoms with Gasteiger partial charge in [0.1, 0.15) is 11.6 Å². The van der Waals surface area contributed by atoms with Crippen molar-refractivity contribution in [2.24, 2.45) is 11.7 Å². The summed E-state index contributed by atoms with van der Waals surface area (Å²) >= 11 is 0. The number of halogens is 2. The van der Waals surface area contributed by atoms with E-state index in [1.165, 1.54) is 6.07 Å². The molecule has 16 heavy (non-hydrogen) atoms. The lowest BCUT2D eigenvalue weighted by Crippen LogP contribution is -2.29. The molecule has 2 rings (SSSR count). The van der Waals surface area contributed by atoms with Crippen LogP contribution in [0.3, 0.4) is 0 Å². The lowest BCUT2D eigenvalue weighted by Gasteiger charge is -2.10. The molecule has 0 aliphatic heterocycles. The Kier molecular flexibility index (Phi) is 3.35. The fraction of sp³-hybridized carbons (Fsp3) is 0.455. The molecule has 5 heteroatoms. The van der Waals surface area contributed by atoms with Gasteiger partial charge in [0, 0.05) is 17.9 Å². The lowest BCUT2D eigenvalue weighted by atomic mass is 10.2. The molecule has 0 spiro atoms. The van der Waals surface area contributed by atoms with Crippen molar-refractivity contribution in [2.45, 2.75) is 23.8 Å². The highest BCUT2D eigenvalue weighted by atomic mass is 32.2. The van der Waals surface area contributed by atoms with Gasteiger partial charge in [0.15, 0.2) is 0 Å². The summed E-state index contributed by atoms with van der Waals surface area (Å²) in [5, 5.41) is 0. The summed E-state index contributed by atoms with van der Waals surface area (Å²) in [6, 6.07) is 2.93. The Morgan fingerprint density at radius 2 is 2.12 bits per heavy atom. The van der Waals surface area contributed by atoms with Crippen LogP contribution in [0.25, 0.3) is 0 Å². The average Bonchev–Trinajstić information content (AvgIpc) is 2.99. The molecule has 2 atom stereocenters. The summed E-state index contributed by atoms with van der Waals surface area (Å²) < 4.78 is 37.7. The average molecular weight is 245 g/mol. The molecule has 0 saturated heterocycles. The van der Waals surface area contributed by atoms with Gasteiger partial charge in [0.25, 0.3) is 0 Å². The van der Waals surface area contributed by atoms with Crippen LogP contribution in [0.4, 0.5) is 8.78 Å². The quantitative estimate of drug-likeness (QED) is 0.879. The number of hydrogen-bond donors (Lipinski definition) is 1. The van der Waals surface area contributed by atoms with E-state index in [1.54, 1.807) is 0 Å². The predicted molar refractivity (Wildman–Crippen MR) is 58.3 cm³/mol. The Bertz CT molecular complexity index is 420. The minimum Gasteiger partial charge on any atom is -0.327 e. The van der Waals surface area contributed by atoms with Gasteiger partial charge >= 0.3 is 0 Å². The molecular formula is C11H13F2NOS. The van der Waals surface area contributed by atoms with E-state index in [0.717, 1.165) is 25.0 Å². The summed E-state index contributed by atoms with van der Waals surface area (Å²) in [5.74, 6) is -0.758. The van der Waals surface area contributed by atoms with Crippen LogP contribution in [0.15, 0.2) is 23.1 Å². The van der Waals surface area contributed by atoms with Crippen LogP contribution < -0.4 is 5.73 Å². The van der Waals surface area contributed by atoms with E-state index in [1.807, 2.05) is 0 Å². The van der Waals surface area contributed by atoms with Crippen molar-refractivity contribution in [1.82, 2.24) is 0 Å². The first-order valence-corrected chi connectivity index (χ1v) is 6.49. The van der Waals surface area contributed by atoms with Crippen LogP contribution in [-0.2, 0) is 10.8 Å². The molecule has 1 fully saturated rings. The smallest absolute Gasteiger partial charge is 0.142 e. The maximum Gasteiger partial charge on any atom is 0.142 e. The first-order valence-electron chi connectivity index (χ1n) is 5.17. The Hall–Kier alpha value is -0.810. The van der Waals surface area contributed by atoms with E-state index >= 15 is 0 Å². The first-order chi connectivity index (χ1) is 7.58. The molecule has 1 saturated carbocycles. The predicted octanol–water partition coefficient (Wildman–Crippen LogP) is 1.81. The molecule has 0 bridgehead atoms. The van der Waals surface area contributed by atoms with Crippen LogP contribution in [0.2, 0.25) is 0 Å². The van der Waals surface area contributed by atoms with E-state index in [0.29, 0.717) is 5.92 Å². The zero-order valence-electron chi connectivity index (χ0n) is 8.66. The summed E-state index contributed by atoms with van der Waals surface area (Å²) in [6.07, 6.45) is 2.12. The van der Waals surface area contributed by atoms with Gasteiger partial charge in [-0.05, 0) is 30.9 Å². The summed E-state index contributed by atoms with van der Waals surface area (Å²) in [4.78, 5) is 0.0394. The second-order valence-electron chi connectivity index (χ2n) is 4.09. The van der Waals surface area contributed by atoms with Gasteiger partial charge in [-0.3, -0.25) is 4.21 Å². The van der Waals surface area contributed by atoms with Crippen molar-refractivity contribution in [3.05, 3.63) is 29.8 Å². The van der Waals surface area contributed by atoms with Gasteiger partial charge in [-0.2, -0.15) is 0 Å². The highest BCUT2D eigenvalue weighted by Crippen LogP contribution is 2.32. The number of nitrogens with two attached hydrogens (primary N) is 1. The molecule has 1 aliphatic rings.